The van der Waals surface area contributed by atoms with Crippen molar-refractivity contribution in [1.29, 1.82) is 0 Å². The first-order valence-corrected chi connectivity index (χ1v) is 7.52. The van der Waals surface area contributed by atoms with Crippen LogP contribution in [0.3, 0.4) is 0 Å². The summed E-state index contributed by atoms with van der Waals surface area (Å²) in [6.07, 6.45) is 4.65. The summed E-state index contributed by atoms with van der Waals surface area (Å²) in [4.78, 5) is 4.46. The van der Waals surface area contributed by atoms with Gasteiger partial charge in [-0.25, -0.2) is 0 Å². The molecular weight excluding hydrogens is 297 g/mol. The Morgan fingerprint density at radius 3 is 3.00 bits per heavy atom. The number of hydrogen-bond acceptors (Lipinski definition) is 4. The van der Waals surface area contributed by atoms with Gasteiger partial charge in [-0.3, -0.25) is 0 Å². The zero-order chi connectivity index (χ0) is 13.9. The second kappa shape index (κ2) is 6.12. The molecular formula is C14H15Cl2N3O. The van der Waals surface area contributed by atoms with Crippen molar-refractivity contribution in [2.75, 3.05) is 6.54 Å². The molecule has 0 spiro atoms. The molecule has 0 radical (unpaired) electrons. The highest BCUT2D eigenvalue weighted by Gasteiger charge is 2.21. The molecule has 1 unspecified atom stereocenters. The Morgan fingerprint density at radius 2 is 2.10 bits per heavy atom. The maximum Gasteiger partial charge on any atom is 0.259 e. The van der Waals surface area contributed by atoms with Crippen molar-refractivity contribution in [3.8, 4) is 11.5 Å². The summed E-state index contributed by atoms with van der Waals surface area (Å²) in [5.41, 5.74) is 0.673. The zero-order valence-corrected chi connectivity index (χ0v) is 12.4. The molecule has 1 aromatic heterocycles. The number of aromatic nitrogens is 2. The van der Waals surface area contributed by atoms with Gasteiger partial charge < -0.3 is 9.84 Å². The Labute approximate surface area is 127 Å². The van der Waals surface area contributed by atoms with Crippen LogP contribution < -0.4 is 5.32 Å². The summed E-state index contributed by atoms with van der Waals surface area (Å²) in [5.74, 6) is 1.11. The van der Waals surface area contributed by atoms with Gasteiger partial charge >= 0.3 is 0 Å². The molecule has 1 fully saturated rings. The minimum atomic E-state index is 0.160. The lowest BCUT2D eigenvalue weighted by atomic mass is 10.1. The molecule has 2 heterocycles. The molecule has 20 heavy (non-hydrogen) atoms. The minimum absolute atomic E-state index is 0.160. The lowest BCUT2D eigenvalue weighted by molar-refractivity contribution is 0.402. The smallest absolute Gasteiger partial charge is 0.259 e. The van der Waals surface area contributed by atoms with Gasteiger partial charge in [0.25, 0.3) is 5.89 Å². The zero-order valence-electron chi connectivity index (χ0n) is 10.9. The Hall–Kier alpha value is -1.10. The van der Waals surface area contributed by atoms with Crippen LogP contribution in [0, 0.1) is 0 Å². The molecule has 1 saturated heterocycles. The third-order valence-electron chi connectivity index (χ3n) is 3.47. The fourth-order valence-electron chi connectivity index (χ4n) is 2.40. The van der Waals surface area contributed by atoms with Gasteiger partial charge in [-0.1, -0.05) is 41.2 Å². The normalized spacial score (nSPS) is 19.8. The van der Waals surface area contributed by atoms with E-state index < -0.39 is 0 Å². The van der Waals surface area contributed by atoms with E-state index in [0.29, 0.717) is 27.3 Å². The van der Waals surface area contributed by atoms with Crippen LogP contribution in [0.4, 0.5) is 0 Å². The maximum atomic E-state index is 6.15. The van der Waals surface area contributed by atoms with E-state index in [2.05, 4.69) is 15.5 Å². The van der Waals surface area contributed by atoms with Crippen molar-refractivity contribution in [3.05, 3.63) is 34.1 Å². The number of rotatable bonds is 2. The monoisotopic (exact) mass is 311 g/mol. The highest BCUT2D eigenvalue weighted by molar-refractivity contribution is 6.35. The molecule has 1 aliphatic heterocycles. The molecule has 1 aliphatic rings. The Balaban J connectivity index is 1.87. The van der Waals surface area contributed by atoms with Gasteiger partial charge in [0, 0.05) is 5.02 Å². The van der Waals surface area contributed by atoms with Gasteiger partial charge in [-0.15, -0.1) is 0 Å². The summed E-state index contributed by atoms with van der Waals surface area (Å²) in [6, 6.07) is 5.36. The van der Waals surface area contributed by atoms with Gasteiger partial charge in [0.2, 0.25) is 0 Å². The van der Waals surface area contributed by atoms with Crippen LogP contribution >= 0.6 is 23.2 Å². The summed E-state index contributed by atoms with van der Waals surface area (Å²) >= 11 is 12.1. The highest BCUT2D eigenvalue weighted by Crippen LogP contribution is 2.30. The summed E-state index contributed by atoms with van der Waals surface area (Å²) < 4.78 is 5.34. The van der Waals surface area contributed by atoms with Gasteiger partial charge in [0.05, 0.1) is 16.6 Å². The van der Waals surface area contributed by atoms with Crippen molar-refractivity contribution in [2.45, 2.75) is 31.7 Å². The van der Waals surface area contributed by atoms with E-state index in [1.807, 2.05) is 0 Å². The predicted octanol–water partition coefficient (Wildman–Crippen LogP) is 4.25. The minimum Gasteiger partial charge on any atom is -0.334 e. The van der Waals surface area contributed by atoms with Crippen molar-refractivity contribution < 1.29 is 4.52 Å². The number of nitrogens with zero attached hydrogens (tertiary/aromatic N) is 2. The molecule has 3 rings (SSSR count). The van der Waals surface area contributed by atoms with Crippen LogP contribution in [0.25, 0.3) is 11.5 Å². The van der Waals surface area contributed by atoms with Crippen LogP contribution in [-0.4, -0.2) is 16.7 Å². The van der Waals surface area contributed by atoms with Gasteiger partial charge in [0.1, 0.15) is 0 Å². The van der Waals surface area contributed by atoms with E-state index in [0.717, 1.165) is 13.0 Å². The van der Waals surface area contributed by atoms with E-state index in [4.69, 9.17) is 27.7 Å². The van der Waals surface area contributed by atoms with Crippen molar-refractivity contribution in [3.63, 3.8) is 0 Å². The standard InChI is InChI=1S/C14H15Cl2N3O/c15-9-5-6-11(16)10(8-9)14-18-13(19-20-14)12-4-2-1-3-7-17-12/h5-6,8,12,17H,1-4,7H2. The lowest BCUT2D eigenvalue weighted by Crippen LogP contribution is -2.21. The third-order valence-corrected chi connectivity index (χ3v) is 4.04. The summed E-state index contributed by atoms with van der Waals surface area (Å²) in [5, 5.41) is 8.67. The van der Waals surface area contributed by atoms with E-state index >= 15 is 0 Å². The first-order valence-electron chi connectivity index (χ1n) is 6.76. The lowest BCUT2D eigenvalue weighted by Gasteiger charge is -2.09. The molecule has 0 bridgehead atoms. The Morgan fingerprint density at radius 1 is 1.20 bits per heavy atom. The van der Waals surface area contributed by atoms with E-state index in [1.54, 1.807) is 18.2 Å². The Kier molecular flexibility index (Phi) is 4.24. The van der Waals surface area contributed by atoms with Crippen LogP contribution in [-0.2, 0) is 0 Å². The largest absolute Gasteiger partial charge is 0.334 e. The SMILES string of the molecule is Clc1ccc(Cl)c(-c2nc(C3CCCCCN3)no2)c1. The molecule has 1 N–H and O–H groups in total. The molecule has 4 nitrogen and oxygen atoms in total. The molecule has 0 aliphatic carbocycles. The topological polar surface area (TPSA) is 51.0 Å². The first-order chi connectivity index (χ1) is 9.74. The van der Waals surface area contributed by atoms with Gasteiger partial charge in [-0.2, -0.15) is 4.98 Å². The van der Waals surface area contributed by atoms with Crippen LogP contribution in [0.2, 0.25) is 10.0 Å². The second-order valence-electron chi connectivity index (χ2n) is 4.94. The maximum absolute atomic E-state index is 6.15. The number of hydrogen-bond donors (Lipinski definition) is 1. The molecule has 0 amide bonds. The number of nitrogens with one attached hydrogen (secondary N) is 1. The van der Waals surface area contributed by atoms with Crippen LogP contribution in [0.1, 0.15) is 37.5 Å². The fraction of sp³-hybridized carbons (Fsp3) is 0.429. The average molecular weight is 312 g/mol. The van der Waals surface area contributed by atoms with Crippen molar-refractivity contribution >= 4 is 23.2 Å². The van der Waals surface area contributed by atoms with E-state index in [9.17, 15) is 0 Å². The fourth-order valence-corrected chi connectivity index (χ4v) is 2.77. The quantitative estimate of drug-likeness (QED) is 0.901. The van der Waals surface area contributed by atoms with Crippen molar-refractivity contribution in [1.82, 2.24) is 15.5 Å². The number of halogens is 2. The Bertz CT molecular complexity index is 592. The average Bonchev–Trinajstić information content (AvgIpc) is 2.77. The van der Waals surface area contributed by atoms with Crippen LogP contribution in [0.15, 0.2) is 22.7 Å². The molecule has 106 valence electrons. The van der Waals surface area contributed by atoms with Crippen LogP contribution in [0.5, 0.6) is 0 Å². The molecule has 6 heteroatoms. The predicted molar refractivity (Wildman–Crippen MR) is 79.0 cm³/mol. The molecule has 1 atom stereocenters. The first kappa shape index (κ1) is 13.9. The molecule has 1 aromatic carbocycles. The molecule has 2 aromatic rings. The third kappa shape index (κ3) is 2.97. The molecule has 0 saturated carbocycles. The van der Waals surface area contributed by atoms with Gasteiger partial charge in [-0.05, 0) is 37.6 Å². The summed E-state index contributed by atoms with van der Waals surface area (Å²) in [6.45, 7) is 0.993. The van der Waals surface area contributed by atoms with Crippen molar-refractivity contribution in [2.24, 2.45) is 0 Å². The second-order valence-corrected chi connectivity index (χ2v) is 5.78. The highest BCUT2D eigenvalue weighted by atomic mass is 35.5. The van der Waals surface area contributed by atoms with E-state index in [-0.39, 0.29) is 6.04 Å². The number of benzene rings is 1. The van der Waals surface area contributed by atoms with Gasteiger partial charge in [0.15, 0.2) is 5.82 Å². The van der Waals surface area contributed by atoms with E-state index in [1.165, 1.54) is 19.3 Å². The summed E-state index contributed by atoms with van der Waals surface area (Å²) in [7, 11) is 0.